The number of rotatable bonds is 6. The maximum absolute atomic E-state index is 13.7. The van der Waals surface area contributed by atoms with E-state index in [1.807, 2.05) is 60.7 Å². The summed E-state index contributed by atoms with van der Waals surface area (Å²) < 4.78 is 47.5. The van der Waals surface area contributed by atoms with Gasteiger partial charge < -0.3 is 4.18 Å². The standard InChI is InChI=1S/C27H29F3OS/c1-20(2)24-17-16-21(18-25(24)27(28,29)30)19-31-32(26(3,4)5,22-12-8-6-9-13-22)23-14-10-7-11-15-23/h6-18H,1,19H2,2-5H3. The summed E-state index contributed by atoms with van der Waals surface area (Å²) >= 11 is 0. The van der Waals surface area contributed by atoms with Crippen LogP contribution in [0.1, 0.15) is 44.4 Å². The normalized spacial score (nSPS) is 13.1. The van der Waals surface area contributed by atoms with Crippen molar-refractivity contribution in [2.45, 2.75) is 55.0 Å². The molecule has 3 aromatic carbocycles. The first-order valence-electron chi connectivity index (χ1n) is 10.4. The first-order chi connectivity index (χ1) is 15.0. The molecule has 0 fully saturated rings. The van der Waals surface area contributed by atoms with Gasteiger partial charge in [0.25, 0.3) is 0 Å². The average molecular weight is 459 g/mol. The molecule has 1 nitrogen and oxygen atoms in total. The molecule has 32 heavy (non-hydrogen) atoms. The van der Waals surface area contributed by atoms with E-state index < -0.39 is 22.0 Å². The van der Waals surface area contributed by atoms with Crippen LogP contribution in [0, 0.1) is 0 Å². The van der Waals surface area contributed by atoms with Gasteiger partial charge >= 0.3 is 6.18 Å². The van der Waals surface area contributed by atoms with Crippen molar-refractivity contribution in [2.24, 2.45) is 0 Å². The zero-order chi connectivity index (χ0) is 23.6. The molecular formula is C27H29F3OS. The molecule has 0 saturated heterocycles. The summed E-state index contributed by atoms with van der Waals surface area (Å²) in [6.45, 7) is 11.7. The van der Waals surface area contributed by atoms with Crippen LogP contribution < -0.4 is 0 Å². The van der Waals surface area contributed by atoms with Gasteiger partial charge in [-0.3, -0.25) is 0 Å². The van der Waals surface area contributed by atoms with Gasteiger partial charge in [0.05, 0.1) is 12.2 Å². The van der Waals surface area contributed by atoms with Gasteiger partial charge in [-0.05, 0) is 69.2 Å². The highest BCUT2D eigenvalue weighted by Gasteiger charge is 2.41. The predicted molar refractivity (Wildman–Crippen MR) is 128 cm³/mol. The van der Waals surface area contributed by atoms with Gasteiger partial charge in [0.1, 0.15) is 0 Å². The third-order valence-corrected chi connectivity index (χ3v) is 9.33. The average Bonchev–Trinajstić information content (AvgIpc) is 2.74. The molecule has 0 unspecified atom stereocenters. The molecule has 0 amide bonds. The fourth-order valence-corrected chi connectivity index (χ4v) is 7.53. The molecule has 3 aromatic rings. The predicted octanol–water partition coefficient (Wildman–Crippen LogP) is 8.89. The third-order valence-electron chi connectivity index (χ3n) is 5.26. The largest absolute Gasteiger partial charge is 0.417 e. The highest BCUT2D eigenvalue weighted by atomic mass is 32.3. The summed E-state index contributed by atoms with van der Waals surface area (Å²) in [5.74, 6) is 0. The Labute approximate surface area is 190 Å². The second-order valence-electron chi connectivity index (χ2n) is 8.71. The number of allylic oxidation sites excluding steroid dienone is 1. The molecule has 0 heterocycles. The summed E-state index contributed by atoms with van der Waals surface area (Å²) in [5, 5.41) is 0. The van der Waals surface area contributed by atoms with Gasteiger partial charge in [-0.2, -0.15) is 13.2 Å². The van der Waals surface area contributed by atoms with Crippen molar-refractivity contribution in [1.82, 2.24) is 0 Å². The molecule has 0 N–H and O–H groups in total. The maximum atomic E-state index is 13.7. The highest BCUT2D eigenvalue weighted by molar-refractivity contribution is 8.31. The SMILES string of the molecule is C=C(C)c1ccc(COS(c2ccccc2)(c2ccccc2)C(C)(C)C)cc1C(F)(F)F. The van der Waals surface area contributed by atoms with E-state index in [-0.39, 0.29) is 16.9 Å². The molecule has 0 aliphatic rings. The minimum absolute atomic E-state index is 0.0654. The lowest BCUT2D eigenvalue weighted by atomic mass is 9.99. The molecule has 0 saturated carbocycles. The quantitative estimate of drug-likeness (QED) is 0.358. The van der Waals surface area contributed by atoms with Crippen molar-refractivity contribution in [1.29, 1.82) is 0 Å². The summed E-state index contributed by atoms with van der Waals surface area (Å²) in [6.07, 6.45) is -4.46. The molecule has 0 atom stereocenters. The van der Waals surface area contributed by atoms with Crippen LogP contribution in [-0.2, 0) is 17.0 Å². The summed E-state index contributed by atoms with van der Waals surface area (Å²) in [4.78, 5) is 2.07. The molecule has 0 aromatic heterocycles. The Morgan fingerprint density at radius 3 is 1.75 bits per heavy atom. The van der Waals surface area contributed by atoms with Crippen molar-refractivity contribution in [3.63, 3.8) is 0 Å². The highest BCUT2D eigenvalue weighted by Crippen LogP contribution is 2.71. The van der Waals surface area contributed by atoms with Crippen LogP contribution in [0.25, 0.3) is 5.57 Å². The number of hydrogen-bond donors (Lipinski definition) is 0. The van der Waals surface area contributed by atoms with Crippen LogP contribution in [0.15, 0.2) is 95.2 Å². The number of hydrogen-bond acceptors (Lipinski definition) is 1. The lowest BCUT2D eigenvalue weighted by molar-refractivity contribution is -0.137. The monoisotopic (exact) mass is 458 g/mol. The van der Waals surface area contributed by atoms with E-state index in [1.54, 1.807) is 13.0 Å². The topological polar surface area (TPSA) is 9.23 Å². The van der Waals surface area contributed by atoms with Gasteiger partial charge in [-0.25, -0.2) is 0 Å². The Morgan fingerprint density at radius 1 is 0.844 bits per heavy atom. The molecule has 0 radical (unpaired) electrons. The summed E-state index contributed by atoms with van der Waals surface area (Å²) in [7, 11) is -2.04. The van der Waals surface area contributed by atoms with E-state index in [0.717, 1.165) is 9.79 Å². The van der Waals surface area contributed by atoms with Gasteiger partial charge in [-0.15, -0.1) is 0 Å². The Morgan fingerprint density at radius 2 is 1.34 bits per heavy atom. The van der Waals surface area contributed by atoms with Crippen LogP contribution in [-0.4, -0.2) is 4.75 Å². The second kappa shape index (κ2) is 9.16. The zero-order valence-electron chi connectivity index (χ0n) is 18.9. The number of benzene rings is 3. The van der Waals surface area contributed by atoms with E-state index in [0.29, 0.717) is 11.1 Å². The molecule has 5 heteroatoms. The van der Waals surface area contributed by atoms with E-state index >= 15 is 0 Å². The first-order valence-corrected chi connectivity index (χ1v) is 12.0. The van der Waals surface area contributed by atoms with E-state index in [9.17, 15) is 13.2 Å². The minimum Gasteiger partial charge on any atom is -0.323 e. The summed E-state index contributed by atoms with van der Waals surface area (Å²) in [5.41, 5.74) is 0.298. The van der Waals surface area contributed by atoms with Crippen molar-refractivity contribution in [3.8, 4) is 0 Å². The lowest BCUT2D eigenvalue weighted by Crippen LogP contribution is -2.27. The maximum Gasteiger partial charge on any atom is 0.417 e. The van der Waals surface area contributed by atoms with Crippen molar-refractivity contribution in [3.05, 3.63) is 102 Å². The smallest absolute Gasteiger partial charge is 0.323 e. The Kier molecular flexibility index (Phi) is 6.91. The third kappa shape index (κ3) is 4.79. The molecular weight excluding hydrogens is 429 g/mol. The molecule has 0 aliphatic carbocycles. The van der Waals surface area contributed by atoms with Gasteiger partial charge in [-0.1, -0.05) is 71.0 Å². The lowest BCUT2D eigenvalue weighted by Gasteiger charge is -2.50. The number of halogens is 3. The second-order valence-corrected chi connectivity index (χ2v) is 12.2. The van der Waals surface area contributed by atoms with Crippen molar-refractivity contribution in [2.75, 3.05) is 0 Å². The Balaban J connectivity index is 2.11. The van der Waals surface area contributed by atoms with Gasteiger partial charge in [0.2, 0.25) is 0 Å². The van der Waals surface area contributed by atoms with Crippen LogP contribution >= 0.6 is 10.3 Å². The Bertz CT molecular complexity index is 1030. The minimum atomic E-state index is -4.46. The fourth-order valence-electron chi connectivity index (χ4n) is 3.82. The first kappa shape index (κ1) is 24.1. The van der Waals surface area contributed by atoms with Crippen molar-refractivity contribution >= 4 is 15.9 Å². The molecule has 0 bridgehead atoms. The van der Waals surface area contributed by atoms with Gasteiger partial charge in [0.15, 0.2) is 0 Å². The Hall–Kier alpha value is -2.50. The van der Waals surface area contributed by atoms with E-state index in [2.05, 4.69) is 27.4 Å². The van der Waals surface area contributed by atoms with Crippen molar-refractivity contribution < 1.29 is 17.4 Å². The zero-order valence-corrected chi connectivity index (χ0v) is 19.7. The molecule has 170 valence electrons. The fraction of sp³-hybridized carbons (Fsp3) is 0.259. The van der Waals surface area contributed by atoms with Crippen LogP contribution in [0.2, 0.25) is 0 Å². The van der Waals surface area contributed by atoms with Gasteiger partial charge in [0, 0.05) is 14.5 Å². The van der Waals surface area contributed by atoms with E-state index in [4.69, 9.17) is 4.18 Å². The molecule has 0 spiro atoms. The molecule has 3 rings (SSSR count). The van der Waals surface area contributed by atoms with Crippen LogP contribution in [0.3, 0.4) is 0 Å². The summed E-state index contributed by atoms with van der Waals surface area (Å²) in [6, 6.07) is 24.3. The van der Waals surface area contributed by atoms with Crippen LogP contribution in [0.5, 0.6) is 0 Å². The number of alkyl halides is 3. The van der Waals surface area contributed by atoms with E-state index in [1.165, 1.54) is 12.1 Å². The molecule has 0 aliphatic heterocycles. The van der Waals surface area contributed by atoms with Crippen LogP contribution in [0.4, 0.5) is 13.2 Å².